The lowest BCUT2D eigenvalue weighted by Crippen LogP contribution is -2.37. The molecular weight excluding hydrogens is 352 g/mol. The number of hydrogen-bond donors (Lipinski definition) is 1. The van der Waals surface area contributed by atoms with Gasteiger partial charge in [-0.2, -0.15) is 15.1 Å². The number of nitrogens with zero attached hydrogens (tertiary/aromatic N) is 5. The Bertz CT molecular complexity index is 778. The maximum atomic E-state index is 6.07. The number of halogens is 1. The molecule has 2 heterocycles. The molecule has 0 amide bonds. The molecule has 0 saturated carbocycles. The van der Waals surface area contributed by atoms with Crippen LogP contribution in [0.1, 0.15) is 11.1 Å². The van der Waals surface area contributed by atoms with E-state index >= 15 is 0 Å². The van der Waals surface area contributed by atoms with Crippen LogP contribution in [0.25, 0.3) is 0 Å². The van der Waals surface area contributed by atoms with Crippen LogP contribution in [0.4, 0.5) is 17.6 Å². The lowest BCUT2D eigenvalue weighted by Gasteiger charge is -2.28. The Balaban J connectivity index is 1.89. The topological polar surface area (TPSA) is 65.9 Å². The van der Waals surface area contributed by atoms with Gasteiger partial charge >= 0.3 is 0 Å². The van der Waals surface area contributed by atoms with Gasteiger partial charge in [0.05, 0.1) is 13.2 Å². The molecule has 1 aromatic carbocycles. The van der Waals surface area contributed by atoms with Gasteiger partial charge in [0.1, 0.15) is 5.82 Å². The Hall–Kier alpha value is -2.38. The molecule has 0 aliphatic carbocycles. The largest absolute Gasteiger partial charge is 0.378 e. The number of rotatable bonds is 6. The zero-order chi connectivity index (χ0) is 18.5. The molecule has 26 heavy (non-hydrogen) atoms. The fourth-order valence-corrected chi connectivity index (χ4v) is 3.00. The van der Waals surface area contributed by atoms with Crippen LogP contribution < -0.4 is 15.2 Å². The first-order valence-electron chi connectivity index (χ1n) is 8.48. The zero-order valence-electron chi connectivity index (χ0n) is 15.1. The summed E-state index contributed by atoms with van der Waals surface area (Å²) >= 11 is 6.07. The molecule has 0 bridgehead atoms. The van der Waals surface area contributed by atoms with E-state index in [-0.39, 0.29) is 0 Å². The molecular formula is C18H23ClN6O. The van der Waals surface area contributed by atoms with Crippen LogP contribution in [0.2, 0.25) is 5.02 Å². The van der Waals surface area contributed by atoms with Crippen LogP contribution in [0.15, 0.2) is 29.4 Å². The molecule has 2 aromatic rings. The van der Waals surface area contributed by atoms with Crippen molar-refractivity contribution < 1.29 is 4.74 Å². The highest BCUT2D eigenvalue weighted by atomic mass is 35.5. The highest BCUT2D eigenvalue weighted by molar-refractivity contribution is 6.30. The summed E-state index contributed by atoms with van der Waals surface area (Å²) in [5, 5.41) is 9.76. The smallest absolute Gasteiger partial charge is 0.229 e. The molecule has 1 fully saturated rings. The maximum absolute atomic E-state index is 6.07. The van der Waals surface area contributed by atoms with Crippen molar-refractivity contribution in [1.82, 2.24) is 9.97 Å². The minimum atomic E-state index is 0.617. The molecule has 1 aromatic heterocycles. The molecule has 0 unspecified atom stereocenters. The number of hydrazone groups is 1. The van der Waals surface area contributed by atoms with Crippen LogP contribution >= 0.6 is 11.6 Å². The van der Waals surface area contributed by atoms with Gasteiger partial charge in [0.15, 0.2) is 5.82 Å². The van der Waals surface area contributed by atoms with Gasteiger partial charge in [0.25, 0.3) is 0 Å². The van der Waals surface area contributed by atoms with Crippen molar-refractivity contribution in [3.63, 3.8) is 0 Å². The van der Waals surface area contributed by atoms with Crippen LogP contribution in [-0.4, -0.2) is 50.0 Å². The summed E-state index contributed by atoms with van der Waals surface area (Å²) in [6.45, 7) is 9.07. The molecule has 1 N–H and O–H groups in total. The molecule has 1 aliphatic heterocycles. The van der Waals surface area contributed by atoms with Crippen molar-refractivity contribution in [3.8, 4) is 0 Å². The van der Waals surface area contributed by atoms with Gasteiger partial charge in [-0.15, -0.1) is 0 Å². The van der Waals surface area contributed by atoms with E-state index < -0.39 is 0 Å². The van der Waals surface area contributed by atoms with Gasteiger partial charge in [-0.3, -0.25) is 5.01 Å². The van der Waals surface area contributed by atoms with Gasteiger partial charge in [0, 0.05) is 44.0 Å². The summed E-state index contributed by atoms with van der Waals surface area (Å²) in [5.74, 6) is 2.16. The first kappa shape index (κ1) is 18.4. The van der Waals surface area contributed by atoms with E-state index in [0.29, 0.717) is 30.7 Å². The van der Waals surface area contributed by atoms with Crippen molar-refractivity contribution in [2.75, 3.05) is 48.6 Å². The zero-order valence-corrected chi connectivity index (χ0v) is 15.8. The lowest BCUT2D eigenvalue weighted by molar-refractivity contribution is 0.122. The normalized spacial score (nSPS) is 14.2. The number of aromatic nitrogens is 2. The van der Waals surface area contributed by atoms with E-state index in [4.69, 9.17) is 21.3 Å². The molecule has 7 nitrogen and oxygen atoms in total. The summed E-state index contributed by atoms with van der Waals surface area (Å²) in [6.07, 6.45) is 0. The van der Waals surface area contributed by atoms with Gasteiger partial charge in [-0.05, 0) is 24.6 Å². The molecule has 0 radical (unpaired) electrons. The minimum absolute atomic E-state index is 0.617. The third-order valence-corrected chi connectivity index (χ3v) is 4.50. The standard InChI is InChI=1S/C18H23ClN6O/c1-13-16(21-12-14-5-4-6-15(19)11-14)22-18(23-17(13)24(3)20-2)25-7-9-26-10-8-25/h4-6,11H,2,7-10,12H2,1,3H3,(H,21,22,23). The van der Waals surface area contributed by atoms with Crippen molar-refractivity contribution in [2.24, 2.45) is 5.10 Å². The monoisotopic (exact) mass is 374 g/mol. The number of ether oxygens (including phenoxy) is 1. The van der Waals surface area contributed by atoms with Crippen molar-refractivity contribution in [1.29, 1.82) is 0 Å². The van der Waals surface area contributed by atoms with Gasteiger partial charge in [-0.1, -0.05) is 23.7 Å². The van der Waals surface area contributed by atoms with Crippen molar-refractivity contribution in [2.45, 2.75) is 13.5 Å². The molecule has 0 spiro atoms. The average Bonchev–Trinajstić information content (AvgIpc) is 2.67. The average molecular weight is 375 g/mol. The van der Waals surface area contributed by atoms with Gasteiger partial charge in [-0.25, -0.2) is 0 Å². The molecule has 1 saturated heterocycles. The summed E-state index contributed by atoms with van der Waals surface area (Å²) in [7, 11) is 1.83. The molecule has 3 rings (SSSR count). The highest BCUT2D eigenvalue weighted by Gasteiger charge is 2.19. The Morgan fingerprint density at radius 1 is 1.35 bits per heavy atom. The third kappa shape index (κ3) is 4.23. The number of morpholine rings is 1. The van der Waals surface area contributed by atoms with Crippen LogP contribution in [0.3, 0.4) is 0 Å². The second-order valence-corrected chi connectivity index (χ2v) is 6.51. The summed E-state index contributed by atoms with van der Waals surface area (Å²) in [6, 6.07) is 7.76. The minimum Gasteiger partial charge on any atom is -0.378 e. The van der Waals surface area contributed by atoms with Crippen molar-refractivity contribution in [3.05, 3.63) is 40.4 Å². The summed E-state index contributed by atoms with van der Waals surface area (Å²) < 4.78 is 5.43. The third-order valence-electron chi connectivity index (χ3n) is 4.27. The maximum Gasteiger partial charge on any atom is 0.229 e. The van der Waals surface area contributed by atoms with Crippen LogP contribution in [0, 0.1) is 6.92 Å². The Morgan fingerprint density at radius 3 is 2.81 bits per heavy atom. The first-order valence-corrected chi connectivity index (χ1v) is 8.86. The molecule has 138 valence electrons. The van der Waals surface area contributed by atoms with Gasteiger partial charge < -0.3 is 15.0 Å². The molecule has 8 heteroatoms. The summed E-state index contributed by atoms with van der Waals surface area (Å²) in [5.41, 5.74) is 2.00. The Kier molecular flexibility index (Phi) is 5.90. The van der Waals surface area contributed by atoms with E-state index in [2.05, 4.69) is 27.0 Å². The lowest BCUT2D eigenvalue weighted by atomic mass is 10.2. The predicted molar refractivity (Wildman–Crippen MR) is 107 cm³/mol. The van der Waals surface area contributed by atoms with E-state index in [1.54, 1.807) is 5.01 Å². The number of nitrogens with one attached hydrogen (secondary N) is 1. The highest BCUT2D eigenvalue weighted by Crippen LogP contribution is 2.27. The predicted octanol–water partition coefficient (Wildman–Crippen LogP) is 2.94. The summed E-state index contributed by atoms with van der Waals surface area (Å²) in [4.78, 5) is 11.5. The first-order chi connectivity index (χ1) is 12.6. The van der Waals surface area contributed by atoms with Gasteiger partial charge in [0.2, 0.25) is 5.95 Å². The number of benzene rings is 1. The van der Waals surface area contributed by atoms with E-state index in [0.717, 1.165) is 35.9 Å². The quantitative estimate of drug-likeness (QED) is 0.619. The Morgan fingerprint density at radius 2 is 2.12 bits per heavy atom. The van der Waals surface area contributed by atoms with E-state index in [9.17, 15) is 0 Å². The molecule has 1 aliphatic rings. The fourth-order valence-electron chi connectivity index (χ4n) is 2.78. The molecule has 0 atom stereocenters. The van der Waals surface area contributed by atoms with Crippen LogP contribution in [0.5, 0.6) is 0 Å². The second-order valence-electron chi connectivity index (χ2n) is 6.07. The number of hydrogen-bond acceptors (Lipinski definition) is 7. The Labute approximate surface area is 158 Å². The van der Waals surface area contributed by atoms with Crippen molar-refractivity contribution >= 4 is 35.9 Å². The SMILES string of the molecule is C=NN(C)c1nc(N2CCOCC2)nc(NCc2cccc(Cl)c2)c1C. The second kappa shape index (κ2) is 8.33. The van der Waals surface area contributed by atoms with E-state index in [1.807, 2.05) is 38.2 Å². The van der Waals surface area contributed by atoms with Crippen LogP contribution in [-0.2, 0) is 11.3 Å². The van der Waals surface area contributed by atoms with E-state index in [1.165, 1.54) is 0 Å². The fraction of sp³-hybridized carbons (Fsp3) is 0.389. The number of anilines is 3.